The van der Waals surface area contributed by atoms with Crippen LogP contribution in [0, 0.1) is 6.92 Å². The van der Waals surface area contributed by atoms with Crippen LogP contribution in [0.5, 0.6) is 5.75 Å². The van der Waals surface area contributed by atoms with Gasteiger partial charge in [0.1, 0.15) is 5.75 Å². The molecular formula is C23H32N4O2S. The molecule has 0 saturated heterocycles. The zero-order valence-corrected chi connectivity index (χ0v) is 19.3. The number of benzene rings is 2. The van der Waals surface area contributed by atoms with Crippen LogP contribution in [0.25, 0.3) is 0 Å². The highest BCUT2D eigenvalue weighted by Crippen LogP contribution is 2.21. The van der Waals surface area contributed by atoms with E-state index < -0.39 is 0 Å². The fourth-order valence-electron chi connectivity index (χ4n) is 2.70. The van der Waals surface area contributed by atoms with E-state index in [1.165, 1.54) is 20.9 Å². The van der Waals surface area contributed by atoms with E-state index in [0.29, 0.717) is 18.8 Å². The molecule has 0 spiro atoms. The van der Waals surface area contributed by atoms with Gasteiger partial charge in [-0.2, -0.15) is 0 Å². The summed E-state index contributed by atoms with van der Waals surface area (Å²) in [5.74, 6) is 1.36. The van der Waals surface area contributed by atoms with Crippen LogP contribution in [0.15, 0.2) is 52.4 Å². The van der Waals surface area contributed by atoms with Crippen LogP contribution in [0.4, 0.5) is 0 Å². The molecule has 0 heterocycles. The first-order chi connectivity index (χ1) is 14.4. The maximum Gasteiger partial charge on any atom is 0.259 e. The summed E-state index contributed by atoms with van der Waals surface area (Å²) in [6, 6.07) is 14.2. The summed E-state index contributed by atoms with van der Waals surface area (Å²) in [6.07, 6.45) is 2.10. The average Bonchev–Trinajstić information content (AvgIpc) is 2.74. The topological polar surface area (TPSA) is 66.0 Å². The molecule has 0 aliphatic carbocycles. The van der Waals surface area contributed by atoms with Gasteiger partial charge in [-0.3, -0.25) is 4.79 Å². The van der Waals surface area contributed by atoms with Gasteiger partial charge in [0.2, 0.25) is 0 Å². The molecular weight excluding hydrogens is 396 g/mol. The number of aryl methyl sites for hydroxylation is 1. The van der Waals surface area contributed by atoms with Gasteiger partial charge < -0.3 is 20.3 Å². The third kappa shape index (κ3) is 7.63. The third-order valence-corrected chi connectivity index (χ3v) is 5.23. The molecule has 7 heteroatoms. The molecule has 30 heavy (non-hydrogen) atoms. The highest BCUT2D eigenvalue weighted by molar-refractivity contribution is 7.98. The third-order valence-electron chi connectivity index (χ3n) is 4.41. The number of carbonyl (C=O) groups excluding carboxylic acids is 1. The number of ether oxygens (including phenoxy) is 1. The predicted octanol–water partition coefficient (Wildman–Crippen LogP) is 3.44. The van der Waals surface area contributed by atoms with Crippen LogP contribution in [0.1, 0.15) is 23.6 Å². The Kier molecular flexibility index (Phi) is 9.54. The lowest BCUT2D eigenvalue weighted by Gasteiger charge is -2.14. The van der Waals surface area contributed by atoms with E-state index in [9.17, 15) is 4.79 Å². The van der Waals surface area contributed by atoms with Gasteiger partial charge in [-0.25, -0.2) is 4.99 Å². The fourth-order valence-corrected chi connectivity index (χ4v) is 3.40. The first-order valence-electron chi connectivity index (χ1n) is 10.0. The Balaban J connectivity index is 2.00. The molecule has 2 rings (SSSR count). The molecule has 0 bridgehead atoms. The van der Waals surface area contributed by atoms with Gasteiger partial charge in [-0.1, -0.05) is 24.3 Å². The Bertz CT molecular complexity index is 868. The summed E-state index contributed by atoms with van der Waals surface area (Å²) in [7, 11) is 3.43. The SMILES string of the molecule is CCNC(=NCc1cccc(OCC(=O)N(C)C)c1)NCc1ccc(C)cc1SC. The van der Waals surface area contributed by atoms with Crippen LogP contribution >= 0.6 is 11.8 Å². The molecule has 0 aliphatic heterocycles. The summed E-state index contributed by atoms with van der Waals surface area (Å²) >= 11 is 1.75. The van der Waals surface area contributed by atoms with Gasteiger partial charge in [-0.15, -0.1) is 11.8 Å². The van der Waals surface area contributed by atoms with Crippen molar-refractivity contribution >= 4 is 23.6 Å². The lowest BCUT2D eigenvalue weighted by Crippen LogP contribution is -2.36. The number of likely N-dealkylation sites (N-methyl/N-ethyl adjacent to an activating group) is 1. The van der Waals surface area contributed by atoms with Crippen molar-refractivity contribution in [3.63, 3.8) is 0 Å². The van der Waals surface area contributed by atoms with Crippen molar-refractivity contribution in [2.24, 2.45) is 4.99 Å². The number of thioether (sulfide) groups is 1. The van der Waals surface area contributed by atoms with Crippen LogP contribution < -0.4 is 15.4 Å². The molecule has 0 saturated carbocycles. The van der Waals surface area contributed by atoms with E-state index in [0.717, 1.165) is 18.1 Å². The molecule has 1 amide bonds. The monoisotopic (exact) mass is 428 g/mol. The zero-order valence-electron chi connectivity index (χ0n) is 18.5. The van der Waals surface area contributed by atoms with Gasteiger partial charge in [0.25, 0.3) is 5.91 Å². The zero-order chi connectivity index (χ0) is 21.9. The molecule has 2 aromatic carbocycles. The predicted molar refractivity (Wildman–Crippen MR) is 125 cm³/mol. The minimum atomic E-state index is -0.0715. The lowest BCUT2D eigenvalue weighted by atomic mass is 10.1. The van der Waals surface area contributed by atoms with Gasteiger partial charge in [0.15, 0.2) is 12.6 Å². The van der Waals surface area contributed by atoms with Gasteiger partial charge >= 0.3 is 0 Å². The molecule has 6 nitrogen and oxygen atoms in total. The van der Waals surface area contributed by atoms with Crippen molar-refractivity contribution in [3.05, 3.63) is 59.2 Å². The van der Waals surface area contributed by atoms with Crippen LogP contribution in [-0.2, 0) is 17.9 Å². The Morgan fingerprint density at radius 3 is 2.67 bits per heavy atom. The van der Waals surface area contributed by atoms with Crippen molar-refractivity contribution in [1.29, 1.82) is 0 Å². The molecule has 162 valence electrons. The summed E-state index contributed by atoms with van der Waals surface area (Å²) in [4.78, 5) is 19.2. The minimum absolute atomic E-state index is 0.0260. The quantitative estimate of drug-likeness (QED) is 0.364. The number of rotatable bonds is 9. The van der Waals surface area contributed by atoms with Crippen molar-refractivity contribution < 1.29 is 9.53 Å². The van der Waals surface area contributed by atoms with Crippen LogP contribution in [0.2, 0.25) is 0 Å². The van der Waals surface area contributed by atoms with Crippen LogP contribution in [0.3, 0.4) is 0 Å². The van der Waals surface area contributed by atoms with Crippen molar-refractivity contribution in [2.75, 3.05) is 33.5 Å². The number of nitrogens with zero attached hydrogens (tertiary/aromatic N) is 2. The highest BCUT2D eigenvalue weighted by atomic mass is 32.2. The van der Waals surface area contributed by atoms with Crippen molar-refractivity contribution in [2.45, 2.75) is 31.8 Å². The number of aliphatic imine (C=N–C) groups is 1. The van der Waals surface area contributed by atoms with E-state index in [4.69, 9.17) is 9.73 Å². The summed E-state index contributed by atoms with van der Waals surface area (Å²) in [6.45, 7) is 6.18. The van der Waals surface area contributed by atoms with Crippen LogP contribution in [-0.4, -0.2) is 50.3 Å². The van der Waals surface area contributed by atoms with Gasteiger partial charge in [0.05, 0.1) is 6.54 Å². The molecule has 0 fully saturated rings. The maximum absolute atomic E-state index is 11.7. The van der Waals surface area contributed by atoms with E-state index in [-0.39, 0.29) is 12.5 Å². The largest absolute Gasteiger partial charge is 0.484 e. The Morgan fingerprint density at radius 1 is 1.17 bits per heavy atom. The summed E-state index contributed by atoms with van der Waals surface area (Å²) in [5.41, 5.74) is 3.53. The van der Waals surface area contributed by atoms with Gasteiger partial charge in [0, 0.05) is 32.1 Å². The highest BCUT2D eigenvalue weighted by Gasteiger charge is 2.06. The molecule has 0 radical (unpaired) electrons. The number of hydrogen-bond donors (Lipinski definition) is 2. The average molecular weight is 429 g/mol. The number of guanidine groups is 1. The summed E-state index contributed by atoms with van der Waals surface area (Å²) in [5, 5.41) is 6.70. The Labute approximate surface area is 184 Å². The van der Waals surface area contributed by atoms with Crippen molar-refractivity contribution in [3.8, 4) is 5.75 Å². The smallest absolute Gasteiger partial charge is 0.259 e. The molecule has 2 N–H and O–H groups in total. The second kappa shape index (κ2) is 12.1. The standard InChI is InChI=1S/C23H32N4O2S/c1-6-24-23(26-15-19-11-10-17(2)12-21(19)30-5)25-14-18-8-7-9-20(13-18)29-16-22(28)27(3)4/h7-13H,6,14-16H2,1-5H3,(H2,24,25,26). The fraction of sp³-hybridized carbons (Fsp3) is 0.391. The minimum Gasteiger partial charge on any atom is -0.484 e. The molecule has 2 aromatic rings. The number of amides is 1. The lowest BCUT2D eigenvalue weighted by molar-refractivity contribution is -0.130. The van der Waals surface area contributed by atoms with Gasteiger partial charge in [-0.05, 0) is 55.0 Å². The van der Waals surface area contributed by atoms with E-state index in [1.807, 2.05) is 31.2 Å². The van der Waals surface area contributed by atoms with E-state index >= 15 is 0 Å². The normalized spacial score (nSPS) is 11.2. The number of hydrogen-bond acceptors (Lipinski definition) is 4. The van der Waals surface area contributed by atoms with E-state index in [2.05, 4.69) is 42.0 Å². The first-order valence-corrected chi connectivity index (χ1v) is 11.2. The molecule has 0 atom stereocenters. The molecule has 0 aromatic heterocycles. The molecule has 0 aliphatic rings. The first kappa shape index (κ1) is 23.6. The Morgan fingerprint density at radius 2 is 1.97 bits per heavy atom. The summed E-state index contributed by atoms with van der Waals surface area (Å²) < 4.78 is 5.59. The Hall–Kier alpha value is -2.67. The number of nitrogens with one attached hydrogen (secondary N) is 2. The second-order valence-corrected chi connectivity index (χ2v) is 7.94. The maximum atomic E-state index is 11.7. The van der Waals surface area contributed by atoms with Crippen molar-refractivity contribution in [1.82, 2.24) is 15.5 Å². The number of carbonyl (C=O) groups is 1. The molecule has 0 unspecified atom stereocenters. The van der Waals surface area contributed by atoms with E-state index in [1.54, 1.807) is 25.9 Å². The second-order valence-electron chi connectivity index (χ2n) is 7.09.